The number of hydrogen-bond donors (Lipinski definition) is 2. The van der Waals surface area contributed by atoms with Crippen molar-refractivity contribution in [2.24, 2.45) is 0 Å². The molecule has 0 fully saturated rings. The third kappa shape index (κ3) is 2.97. The van der Waals surface area contributed by atoms with Crippen LogP contribution in [-0.4, -0.2) is 37.3 Å². The Kier molecular flexibility index (Phi) is 3.91. The number of aromatic amines is 1. The van der Waals surface area contributed by atoms with Crippen LogP contribution in [0.15, 0.2) is 60.0 Å². The third-order valence-electron chi connectivity index (χ3n) is 4.02. The second kappa shape index (κ2) is 6.37. The van der Waals surface area contributed by atoms with Crippen LogP contribution in [0, 0.1) is 0 Å². The highest BCUT2D eigenvalue weighted by atomic mass is 16.5. The number of benzene rings is 1. The summed E-state index contributed by atoms with van der Waals surface area (Å²) in [5, 5.41) is 11.7. The minimum atomic E-state index is -0.840. The summed E-state index contributed by atoms with van der Waals surface area (Å²) in [4.78, 5) is 23.7. The van der Waals surface area contributed by atoms with E-state index in [1.54, 1.807) is 12.3 Å². The monoisotopic (exact) mass is 336 g/mol. The minimum absolute atomic E-state index is 0.0745. The molecule has 0 spiro atoms. The van der Waals surface area contributed by atoms with Crippen LogP contribution >= 0.6 is 0 Å². The van der Waals surface area contributed by atoms with E-state index < -0.39 is 6.10 Å². The number of rotatable bonds is 5. The highest BCUT2D eigenvalue weighted by Crippen LogP contribution is 2.24. The van der Waals surface area contributed by atoms with Crippen molar-refractivity contribution in [1.82, 2.24) is 19.5 Å². The molecular formula is C18H16N4O3. The van der Waals surface area contributed by atoms with Crippen molar-refractivity contribution in [2.75, 3.05) is 6.61 Å². The Bertz CT molecular complexity index is 1090. The fourth-order valence-electron chi connectivity index (χ4n) is 2.79. The molecule has 4 aromatic rings. The van der Waals surface area contributed by atoms with Crippen LogP contribution in [0.25, 0.3) is 21.8 Å². The molecule has 0 bridgehead atoms. The molecule has 0 aliphatic rings. The normalized spacial score (nSPS) is 12.5. The predicted molar refractivity (Wildman–Crippen MR) is 93.6 cm³/mol. The van der Waals surface area contributed by atoms with Gasteiger partial charge in [0.25, 0.3) is 5.56 Å². The predicted octanol–water partition coefficient (Wildman–Crippen LogP) is 1.71. The second-order valence-corrected chi connectivity index (χ2v) is 5.75. The summed E-state index contributed by atoms with van der Waals surface area (Å²) >= 11 is 0. The zero-order valence-electron chi connectivity index (χ0n) is 13.3. The van der Waals surface area contributed by atoms with E-state index in [0.717, 1.165) is 10.9 Å². The van der Waals surface area contributed by atoms with Gasteiger partial charge in [0, 0.05) is 23.3 Å². The van der Waals surface area contributed by atoms with Crippen molar-refractivity contribution in [3.8, 4) is 5.75 Å². The van der Waals surface area contributed by atoms with Crippen LogP contribution in [0.5, 0.6) is 5.75 Å². The first-order valence-corrected chi connectivity index (χ1v) is 7.88. The Morgan fingerprint density at radius 3 is 3.08 bits per heavy atom. The van der Waals surface area contributed by atoms with E-state index in [2.05, 4.69) is 15.0 Å². The Morgan fingerprint density at radius 1 is 1.24 bits per heavy atom. The SMILES string of the molecule is O=c1c2ccncc2ncn1C[C@H](O)COc1cccc2[nH]ccc12. The summed E-state index contributed by atoms with van der Waals surface area (Å²) in [7, 11) is 0. The average Bonchev–Trinajstić information content (AvgIpc) is 3.12. The van der Waals surface area contributed by atoms with Gasteiger partial charge in [-0.1, -0.05) is 6.07 Å². The summed E-state index contributed by atoms with van der Waals surface area (Å²) in [6.07, 6.45) is 5.50. The minimum Gasteiger partial charge on any atom is -0.490 e. The zero-order valence-corrected chi connectivity index (χ0v) is 13.3. The van der Waals surface area contributed by atoms with Gasteiger partial charge in [0.1, 0.15) is 18.5 Å². The first kappa shape index (κ1) is 15.3. The van der Waals surface area contributed by atoms with E-state index in [-0.39, 0.29) is 18.7 Å². The smallest absolute Gasteiger partial charge is 0.261 e. The van der Waals surface area contributed by atoms with E-state index in [9.17, 15) is 9.90 Å². The first-order valence-electron chi connectivity index (χ1n) is 7.88. The first-order chi connectivity index (χ1) is 12.2. The van der Waals surface area contributed by atoms with Gasteiger partial charge in [-0.3, -0.25) is 14.3 Å². The summed E-state index contributed by atoms with van der Waals surface area (Å²) < 4.78 is 7.11. The Hall–Kier alpha value is -3.19. The molecule has 1 atom stereocenters. The standard InChI is InChI=1S/C18H16N4O3/c23-12(10-25-17-3-1-2-15-13(17)5-7-20-15)9-22-11-21-16-8-19-6-4-14(16)18(22)24/h1-8,11-12,20,23H,9-10H2/t12-/m0/s1. The molecule has 25 heavy (non-hydrogen) atoms. The summed E-state index contributed by atoms with van der Waals surface area (Å²) in [5.41, 5.74) is 1.29. The number of pyridine rings is 1. The largest absolute Gasteiger partial charge is 0.490 e. The van der Waals surface area contributed by atoms with Gasteiger partial charge in [-0.05, 0) is 24.3 Å². The summed E-state index contributed by atoms with van der Waals surface area (Å²) in [5.74, 6) is 0.688. The van der Waals surface area contributed by atoms with Gasteiger partial charge in [-0.25, -0.2) is 4.98 Å². The highest BCUT2D eigenvalue weighted by Gasteiger charge is 2.11. The maximum atomic E-state index is 12.4. The third-order valence-corrected chi connectivity index (χ3v) is 4.02. The average molecular weight is 336 g/mol. The maximum Gasteiger partial charge on any atom is 0.261 e. The Balaban J connectivity index is 1.49. The van der Waals surface area contributed by atoms with Gasteiger partial charge in [-0.2, -0.15) is 0 Å². The number of aromatic nitrogens is 4. The van der Waals surface area contributed by atoms with Gasteiger partial charge in [0.15, 0.2) is 0 Å². The molecule has 0 unspecified atom stereocenters. The van der Waals surface area contributed by atoms with Crippen LogP contribution in [-0.2, 0) is 6.54 Å². The maximum absolute atomic E-state index is 12.4. The summed E-state index contributed by atoms with van der Waals surface area (Å²) in [6.45, 7) is 0.179. The van der Waals surface area contributed by atoms with Crippen molar-refractivity contribution in [3.63, 3.8) is 0 Å². The van der Waals surface area contributed by atoms with Gasteiger partial charge < -0.3 is 14.8 Å². The van der Waals surface area contributed by atoms with Gasteiger partial charge in [0.05, 0.1) is 30.0 Å². The van der Waals surface area contributed by atoms with E-state index in [1.165, 1.54) is 17.1 Å². The lowest BCUT2D eigenvalue weighted by atomic mass is 10.2. The van der Waals surface area contributed by atoms with Gasteiger partial charge in [0.2, 0.25) is 0 Å². The fourth-order valence-corrected chi connectivity index (χ4v) is 2.79. The van der Waals surface area contributed by atoms with Crippen molar-refractivity contribution in [2.45, 2.75) is 12.6 Å². The molecule has 0 aliphatic carbocycles. The van der Waals surface area contributed by atoms with Crippen molar-refractivity contribution in [3.05, 3.63) is 65.6 Å². The van der Waals surface area contributed by atoms with Gasteiger partial charge in [-0.15, -0.1) is 0 Å². The number of H-pyrrole nitrogens is 1. The number of fused-ring (bicyclic) bond motifs is 2. The molecule has 3 heterocycles. The molecule has 2 N–H and O–H groups in total. The van der Waals surface area contributed by atoms with Crippen molar-refractivity contribution in [1.29, 1.82) is 0 Å². The number of nitrogens with one attached hydrogen (secondary N) is 1. The molecule has 0 saturated heterocycles. The molecule has 7 heteroatoms. The lowest BCUT2D eigenvalue weighted by Crippen LogP contribution is -2.30. The lowest BCUT2D eigenvalue weighted by Gasteiger charge is -2.14. The molecular weight excluding hydrogens is 320 g/mol. The Morgan fingerprint density at radius 2 is 2.16 bits per heavy atom. The fraction of sp³-hybridized carbons (Fsp3) is 0.167. The Labute approximate surface area is 142 Å². The number of aliphatic hydroxyl groups excluding tert-OH is 1. The summed E-state index contributed by atoms with van der Waals surface area (Å²) in [6, 6.07) is 9.22. The molecule has 0 aliphatic heterocycles. The molecule has 0 radical (unpaired) electrons. The van der Waals surface area contributed by atoms with E-state index in [4.69, 9.17) is 4.74 Å². The molecule has 4 rings (SSSR count). The molecule has 126 valence electrons. The quantitative estimate of drug-likeness (QED) is 0.579. The van der Waals surface area contributed by atoms with Gasteiger partial charge >= 0.3 is 0 Å². The van der Waals surface area contributed by atoms with E-state index >= 15 is 0 Å². The zero-order chi connectivity index (χ0) is 17.2. The van der Waals surface area contributed by atoms with E-state index in [0.29, 0.717) is 16.7 Å². The van der Waals surface area contributed by atoms with Crippen LogP contribution in [0.4, 0.5) is 0 Å². The number of ether oxygens (including phenoxy) is 1. The molecule has 1 aromatic carbocycles. The highest BCUT2D eigenvalue weighted by molar-refractivity contribution is 5.85. The number of nitrogens with zero attached hydrogens (tertiary/aromatic N) is 3. The molecule has 0 amide bonds. The topological polar surface area (TPSA) is 93.0 Å². The van der Waals surface area contributed by atoms with Crippen molar-refractivity contribution < 1.29 is 9.84 Å². The molecule has 0 saturated carbocycles. The van der Waals surface area contributed by atoms with Crippen molar-refractivity contribution >= 4 is 21.8 Å². The molecule has 3 aromatic heterocycles. The van der Waals surface area contributed by atoms with Crippen LogP contribution in [0.1, 0.15) is 0 Å². The van der Waals surface area contributed by atoms with Crippen LogP contribution < -0.4 is 10.3 Å². The lowest BCUT2D eigenvalue weighted by molar-refractivity contribution is 0.0922. The second-order valence-electron chi connectivity index (χ2n) is 5.75. The van der Waals surface area contributed by atoms with Crippen LogP contribution in [0.3, 0.4) is 0 Å². The van der Waals surface area contributed by atoms with E-state index in [1.807, 2.05) is 30.5 Å². The molecule has 7 nitrogen and oxygen atoms in total. The van der Waals surface area contributed by atoms with Crippen LogP contribution in [0.2, 0.25) is 0 Å². The number of hydrogen-bond acceptors (Lipinski definition) is 5. The number of aliphatic hydroxyl groups is 1.